The molecule has 10 aromatic carbocycles. The molecule has 0 aliphatic rings. The molecule has 0 amide bonds. The second kappa shape index (κ2) is 18.1. The molecule has 0 radical (unpaired) electrons. The van der Waals surface area contributed by atoms with Crippen molar-refractivity contribution in [3.63, 3.8) is 0 Å². The lowest BCUT2D eigenvalue weighted by Crippen LogP contribution is -2.05. The molecule has 0 N–H and O–H groups in total. The van der Waals surface area contributed by atoms with E-state index in [0.717, 1.165) is 88.1 Å². The molecule has 0 unspecified atom stereocenters. The van der Waals surface area contributed by atoms with E-state index in [1.54, 1.807) is 36.4 Å². The van der Waals surface area contributed by atoms with Crippen LogP contribution in [-0.2, 0) is 0 Å². The first-order chi connectivity index (χ1) is 36.8. The van der Waals surface area contributed by atoms with Gasteiger partial charge in [0.2, 0.25) is 0 Å². The number of aromatic nitrogens is 2. The van der Waals surface area contributed by atoms with Gasteiger partial charge in [-0.3, -0.25) is 0 Å². The number of halogens is 1. The van der Waals surface area contributed by atoms with Gasteiger partial charge >= 0.3 is 0 Å². The number of hydrogen-bond acceptors (Lipinski definition) is 4. The second-order valence-electron chi connectivity index (χ2n) is 18.1. The lowest BCUT2D eigenvalue weighted by atomic mass is 9.98. The summed E-state index contributed by atoms with van der Waals surface area (Å²) in [7, 11) is 0. The van der Waals surface area contributed by atoms with E-state index in [0.29, 0.717) is 45.0 Å². The third-order valence-corrected chi connectivity index (χ3v) is 13.9. The topological polar surface area (TPSA) is 114 Å². The zero-order valence-corrected chi connectivity index (χ0v) is 39.5. The van der Waals surface area contributed by atoms with Crippen molar-refractivity contribution >= 4 is 55.0 Å². The third-order valence-electron chi connectivity index (χ3n) is 13.9. The molecule has 0 spiro atoms. The van der Waals surface area contributed by atoms with Crippen LogP contribution in [0.5, 0.6) is 0 Å². The highest BCUT2D eigenvalue weighted by molar-refractivity contribution is 6.14. The van der Waals surface area contributed by atoms with Gasteiger partial charge in [0.25, 0.3) is 0 Å². The first-order valence-corrected chi connectivity index (χ1v) is 23.7. The highest BCUT2D eigenvalue weighted by Crippen LogP contribution is 2.44. The predicted molar refractivity (Wildman–Crippen MR) is 294 cm³/mol. The van der Waals surface area contributed by atoms with Crippen LogP contribution in [0.1, 0.15) is 22.3 Å². The molecule has 2 heterocycles. The van der Waals surface area contributed by atoms with Crippen LogP contribution in [0.25, 0.3) is 120 Å². The molecule has 0 aliphatic carbocycles. The van der Waals surface area contributed by atoms with Crippen molar-refractivity contribution < 1.29 is 4.39 Å². The third kappa shape index (κ3) is 7.65. The van der Waals surface area contributed by atoms with Gasteiger partial charge in [-0.25, -0.2) is 14.1 Å². The zero-order valence-electron chi connectivity index (χ0n) is 39.5. The molecular formula is C66H33FN8. The monoisotopic (exact) mass is 956 g/mol. The van der Waals surface area contributed by atoms with E-state index in [9.17, 15) is 21.0 Å². The Labute approximate surface area is 430 Å². The molecule has 0 saturated heterocycles. The van der Waals surface area contributed by atoms with Gasteiger partial charge in [0.05, 0.1) is 81.5 Å². The van der Waals surface area contributed by atoms with Crippen LogP contribution in [0.2, 0.25) is 0 Å². The van der Waals surface area contributed by atoms with Crippen LogP contribution in [0.15, 0.2) is 200 Å². The van der Waals surface area contributed by atoms with Crippen LogP contribution in [-0.4, -0.2) is 9.13 Å². The molecule has 0 bridgehead atoms. The Balaban J connectivity index is 1.19. The summed E-state index contributed by atoms with van der Waals surface area (Å²) in [4.78, 5) is 7.37. The molecule has 9 heteroatoms. The van der Waals surface area contributed by atoms with E-state index >= 15 is 4.39 Å². The van der Waals surface area contributed by atoms with Crippen LogP contribution in [0.3, 0.4) is 0 Å². The maximum Gasteiger partial charge on any atom is 0.187 e. The van der Waals surface area contributed by atoms with Crippen molar-refractivity contribution in [1.29, 1.82) is 21.0 Å². The Morgan fingerprint density at radius 1 is 0.347 bits per heavy atom. The Hall–Kier alpha value is -11.3. The fourth-order valence-corrected chi connectivity index (χ4v) is 10.4. The maximum absolute atomic E-state index is 16.6. The van der Waals surface area contributed by atoms with Gasteiger partial charge in [-0.2, -0.15) is 21.0 Å². The van der Waals surface area contributed by atoms with Gasteiger partial charge < -0.3 is 9.13 Å². The molecular weight excluding hydrogens is 924 g/mol. The van der Waals surface area contributed by atoms with Crippen molar-refractivity contribution in [3.05, 3.63) is 251 Å². The number of nitriles is 4. The van der Waals surface area contributed by atoms with Crippen molar-refractivity contribution in [2.75, 3.05) is 0 Å². The van der Waals surface area contributed by atoms with Crippen LogP contribution < -0.4 is 0 Å². The summed E-state index contributed by atoms with van der Waals surface area (Å²) in [5, 5.41) is 44.6. The van der Waals surface area contributed by atoms with Crippen LogP contribution in [0.4, 0.5) is 15.8 Å². The Bertz CT molecular complexity index is 4220. The molecule has 75 heavy (non-hydrogen) atoms. The summed E-state index contributed by atoms with van der Waals surface area (Å²) in [6, 6.07) is 71.4. The highest BCUT2D eigenvalue weighted by atomic mass is 19.1. The molecule has 0 fully saturated rings. The standard InChI is InChI=1S/C66H33FN8/c1-72-52-13-5-11-45(28-52)49-18-23-63-57(32-49)58-33-50(46-12-6-14-53(29-46)73-2)19-24-64(58)75(63)66-35-51(54-20-15-42(38-70)27-60(54)67)34-65(59(66)39-71)74-61-21-16-47(43-9-3-7-40(25-43)36-68)30-55(61)56-31-48(17-22-62(56)74)44-10-4-8-41(26-44)37-69/h3-35H. The quantitative estimate of drug-likeness (QED) is 0.148. The highest BCUT2D eigenvalue weighted by Gasteiger charge is 2.25. The summed E-state index contributed by atoms with van der Waals surface area (Å²) in [6.07, 6.45) is 0. The average molecular weight is 957 g/mol. The van der Waals surface area contributed by atoms with E-state index in [-0.39, 0.29) is 11.1 Å². The van der Waals surface area contributed by atoms with E-state index in [1.807, 2.05) is 143 Å². The number of rotatable bonds is 7. The maximum atomic E-state index is 16.6. The summed E-state index contributed by atoms with van der Waals surface area (Å²) >= 11 is 0. The molecule has 0 aliphatic heterocycles. The first-order valence-electron chi connectivity index (χ1n) is 23.7. The van der Waals surface area contributed by atoms with Crippen LogP contribution >= 0.6 is 0 Å². The van der Waals surface area contributed by atoms with Gasteiger partial charge in [-0.1, -0.05) is 91.0 Å². The van der Waals surface area contributed by atoms with Gasteiger partial charge in [-0.05, 0) is 159 Å². The molecule has 8 nitrogen and oxygen atoms in total. The largest absolute Gasteiger partial charge is 0.308 e. The van der Waals surface area contributed by atoms with Crippen molar-refractivity contribution in [1.82, 2.24) is 9.13 Å². The summed E-state index contributed by atoms with van der Waals surface area (Å²) < 4.78 is 20.7. The molecule has 12 rings (SSSR count). The number of benzene rings is 10. The van der Waals surface area contributed by atoms with E-state index < -0.39 is 5.82 Å². The number of nitrogens with zero attached hydrogens (tertiary/aromatic N) is 8. The van der Waals surface area contributed by atoms with Crippen LogP contribution in [0, 0.1) is 64.3 Å². The van der Waals surface area contributed by atoms with Gasteiger partial charge in [0.1, 0.15) is 17.4 Å². The zero-order chi connectivity index (χ0) is 51.3. The summed E-state index contributed by atoms with van der Waals surface area (Å²) in [5.41, 5.74) is 14.1. The van der Waals surface area contributed by atoms with Gasteiger partial charge in [0, 0.05) is 27.1 Å². The fourth-order valence-electron chi connectivity index (χ4n) is 10.4. The average Bonchev–Trinajstić information content (AvgIpc) is 4.05. The van der Waals surface area contributed by atoms with Gasteiger partial charge in [-0.15, -0.1) is 0 Å². The van der Waals surface area contributed by atoms with Crippen molar-refractivity contribution in [3.8, 4) is 91.3 Å². The SMILES string of the molecule is [C-]#[N+]c1cccc(-c2ccc3c(c2)c2cc(-c4cccc([N+]#[C-])c4)ccc2n3-c2cc(-c3ccc(C#N)cc3F)cc(-n3c4ccc(-c5cccc(C#N)c5)cc4c4cc(-c5cccc(C#N)c5)ccc43)c2C#N)c1. The number of fused-ring (bicyclic) bond motifs is 6. The van der Waals surface area contributed by atoms with Gasteiger partial charge in [0.15, 0.2) is 11.4 Å². The Kier molecular flexibility index (Phi) is 10.8. The smallest absolute Gasteiger partial charge is 0.187 e. The minimum Gasteiger partial charge on any atom is -0.308 e. The molecule has 2 aromatic heterocycles. The molecule has 12 aromatic rings. The van der Waals surface area contributed by atoms with E-state index in [2.05, 4.69) is 58.2 Å². The summed E-state index contributed by atoms with van der Waals surface area (Å²) in [5.74, 6) is -0.605. The molecule has 0 atom stereocenters. The lowest BCUT2D eigenvalue weighted by molar-refractivity contribution is 0.631. The summed E-state index contributed by atoms with van der Waals surface area (Å²) in [6.45, 7) is 15.4. The predicted octanol–water partition coefficient (Wildman–Crippen LogP) is 16.9. The lowest BCUT2D eigenvalue weighted by Gasteiger charge is -2.19. The van der Waals surface area contributed by atoms with Crippen molar-refractivity contribution in [2.24, 2.45) is 0 Å². The normalized spacial score (nSPS) is 10.9. The number of hydrogen-bond donors (Lipinski definition) is 0. The first kappa shape index (κ1) is 44.8. The van der Waals surface area contributed by atoms with Crippen molar-refractivity contribution in [2.45, 2.75) is 0 Å². The van der Waals surface area contributed by atoms with E-state index in [4.69, 9.17) is 13.1 Å². The minimum atomic E-state index is -0.605. The molecule has 0 saturated carbocycles. The Morgan fingerprint density at radius 2 is 0.707 bits per heavy atom. The Morgan fingerprint density at radius 3 is 1.07 bits per heavy atom. The fraction of sp³-hybridized carbons (Fsp3) is 0. The van der Waals surface area contributed by atoms with E-state index in [1.165, 1.54) is 6.07 Å². The minimum absolute atomic E-state index is 0.165. The molecule has 344 valence electrons. The second-order valence-corrected chi connectivity index (χ2v) is 18.1.